The topological polar surface area (TPSA) is 107 Å². The van der Waals surface area contributed by atoms with Crippen LogP contribution in [0.3, 0.4) is 0 Å². The van der Waals surface area contributed by atoms with E-state index < -0.39 is 11.6 Å². The number of para-hydroxylation sites is 2. The first-order valence-electron chi connectivity index (χ1n) is 12.3. The van der Waals surface area contributed by atoms with Gasteiger partial charge < -0.3 is 25.9 Å². The van der Waals surface area contributed by atoms with E-state index in [0.717, 1.165) is 34.8 Å². The maximum absolute atomic E-state index is 13.7. The number of carbonyl (C=O) groups excluding carboxylic acids is 2. The standard InChI is InChI=1S/C28H33N5O2.ClH/c1-28(2,29)27(35)32-25(15-19-16-30-23-9-5-3-7-20(19)23)26(34)33-13-11-18(12-14-33)22-17-31-24-10-6-4-8-21(22)24;/h3-10,16-18,25,30-31H,11-15,29H2,1-2H3,(H,32,35);1H. The lowest BCUT2D eigenvalue weighted by Gasteiger charge is -2.35. The van der Waals surface area contributed by atoms with Crippen molar-refractivity contribution in [3.63, 3.8) is 0 Å². The molecule has 4 aromatic rings. The third kappa shape index (κ3) is 5.13. The molecule has 1 unspecified atom stereocenters. The van der Waals surface area contributed by atoms with E-state index in [4.69, 9.17) is 5.73 Å². The van der Waals surface area contributed by atoms with Crippen LogP contribution in [0.4, 0.5) is 0 Å². The Hall–Kier alpha value is -3.29. The van der Waals surface area contributed by atoms with E-state index in [9.17, 15) is 9.59 Å². The summed E-state index contributed by atoms with van der Waals surface area (Å²) in [5.74, 6) is 0.0226. The van der Waals surface area contributed by atoms with Crippen LogP contribution in [0.1, 0.15) is 43.7 Å². The molecular formula is C28H34ClN5O2. The SMILES string of the molecule is CC(C)(N)C(=O)NC(Cc1c[nH]c2ccccc12)C(=O)N1CCC(c2c[nH]c3ccccc23)CC1.Cl. The molecule has 8 heteroatoms. The number of carbonyl (C=O) groups is 2. The summed E-state index contributed by atoms with van der Waals surface area (Å²) in [5, 5.41) is 5.26. The molecule has 1 atom stereocenters. The lowest BCUT2D eigenvalue weighted by molar-refractivity contribution is -0.138. The molecule has 0 radical (unpaired) electrons. The summed E-state index contributed by atoms with van der Waals surface area (Å²) in [4.78, 5) is 35.0. The number of likely N-dealkylation sites (tertiary alicyclic amines) is 1. The molecule has 2 amide bonds. The fourth-order valence-electron chi connectivity index (χ4n) is 5.13. The number of piperidine rings is 1. The number of nitrogens with one attached hydrogen (secondary N) is 3. The smallest absolute Gasteiger partial charge is 0.245 e. The first-order chi connectivity index (χ1) is 16.8. The van der Waals surface area contributed by atoms with Crippen molar-refractivity contribution in [2.24, 2.45) is 5.73 Å². The number of fused-ring (bicyclic) bond motifs is 2. The van der Waals surface area contributed by atoms with Crippen LogP contribution in [0, 0.1) is 0 Å². The highest BCUT2D eigenvalue weighted by molar-refractivity contribution is 5.92. The van der Waals surface area contributed by atoms with Gasteiger partial charge in [-0.1, -0.05) is 36.4 Å². The number of halogens is 1. The average molecular weight is 508 g/mol. The van der Waals surface area contributed by atoms with Crippen LogP contribution in [0.15, 0.2) is 60.9 Å². The summed E-state index contributed by atoms with van der Waals surface area (Å²) >= 11 is 0. The Kier molecular flexibility index (Phi) is 7.43. The van der Waals surface area contributed by atoms with E-state index in [-0.39, 0.29) is 24.2 Å². The molecule has 3 heterocycles. The van der Waals surface area contributed by atoms with Gasteiger partial charge >= 0.3 is 0 Å². The molecule has 1 aliphatic rings. The van der Waals surface area contributed by atoms with Gasteiger partial charge in [-0.2, -0.15) is 0 Å². The molecule has 36 heavy (non-hydrogen) atoms. The van der Waals surface area contributed by atoms with E-state index in [1.165, 1.54) is 10.9 Å². The fourth-order valence-corrected chi connectivity index (χ4v) is 5.13. The van der Waals surface area contributed by atoms with Crippen LogP contribution < -0.4 is 11.1 Å². The van der Waals surface area contributed by atoms with Crippen molar-refractivity contribution in [2.45, 2.75) is 50.6 Å². The van der Waals surface area contributed by atoms with Gasteiger partial charge in [0.2, 0.25) is 11.8 Å². The Morgan fingerprint density at radius 1 is 1.00 bits per heavy atom. The minimum absolute atomic E-state index is 0. The Morgan fingerprint density at radius 2 is 1.58 bits per heavy atom. The minimum atomic E-state index is -1.07. The first-order valence-corrected chi connectivity index (χ1v) is 12.3. The van der Waals surface area contributed by atoms with Crippen molar-refractivity contribution in [3.8, 4) is 0 Å². The van der Waals surface area contributed by atoms with Crippen LogP contribution in [-0.4, -0.2) is 51.4 Å². The zero-order valence-electron chi connectivity index (χ0n) is 20.7. The Balaban J connectivity index is 0.00000304. The quantitative estimate of drug-likeness (QED) is 0.313. The largest absolute Gasteiger partial charge is 0.361 e. The van der Waals surface area contributed by atoms with Crippen molar-refractivity contribution in [2.75, 3.05) is 13.1 Å². The Bertz CT molecular complexity index is 1360. The second-order valence-electron chi connectivity index (χ2n) is 10.2. The molecule has 1 aliphatic heterocycles. The van der Waals surface area contributed by atoms with Gasteiger partial charge in [-0.15, -0.1) is 12.4 Å². The molecule has 5 rings (SSSR count). The predicted molar refractivity (Wildman–Crippen MR) is 146 cm³/mol. The van der Waals surface area contributed by atoms with Gasteiger partial charge in [0.1, 0.15) is 6.04 Å². The van der Waals surface area contributed by atoms with Gasteiger partial charge in [0, 0.05) is 53.7 Å². The molecular weight excluding hydrogens is 474 g/mol. The number of amides is 2. The van der Waals surface area contributed by atoms with Gasteiger partial charge in [-0.05, 0) is 55.9 Å². The summed E-state index contributed by atoms with van der Waals surface area (Å²) < 4.78 is 0. The second-order valence-corrected chi connectivity index (χ2v) is 10.2. The normalized spacial score (nSPS) is 15.6. The van der Waals surface area contributed by atoms with Crippen molar-refractivity contribution in [3.05, 3.63) is 72.1 Å². The molecule has 0 spiro atoms. The third-order valence-corrected chi connectivity index (χ3v) is 7.16. The molecule has 1 saturated heterocycles. The molecule has 0 aliphatic carbocycles. The first kappa shape index (κ1) is 25.8. The van der Waals surface area contributed by atoms with Crippen LogP contribution >= 0.6 is 12.4 Å². The predicted octanol–water partition coefficient (Wildman–Crippen LogP) is 4.24. The molecule has 0 bridgehead atoms. The lowest BCUT2D eigenvalue weighted by atomic mass is 9.88. The van der Waals surface area contributed by atoms with Gasteiger partial charge in [-0.25, -0.2) is 0 Å². The molecule has 2 aromatic carbocycles. The number of rotatable bonds is 6. The Morgan fingerprint density at radius 3 is 2.25 bits per heavy atom. The molecule has 2 aromatic heterocycles. The number of hydrogen-bond donors (Lipinski definition) is 4. The fraction of sp³-hybridized carbons (Fsp3) is 0.357. The number of nitrogens with zero attached hydrogens (tertiary/aromatic N) is 1. The van der Waals surface area contributed by atoms with Crippen LogP contribution in [0.25, 0.3) is 21.8 Å². The maximum Gasteiger partial charge on any atom is 0.245 e. The van der Waals surface area contributed by atoms with E-state index >= 15 is 0 Å². The summed E-state index contributed by atoms with van der Waals surface area (Å²) in [7, 11) is 0. The highest BCUT2D eigenvalue weighted by Crippen LogP contribution is 2.33. The average Bonchev–Trinajstić information content (AvgIpc) is 3.47. The second kappa shape index (κ2) is 10.4. The number of hydrogen-bond acceptors (Lipinski definition) is 3. The van der Waals surface area contributed by atoms with Crippen LogP contribution in [0.2, 0.25) is 0 Å². The molecule has 5 N–H and O–H groups in total. The summed E-state index contributed by atoms with van der Waals surface area (Å²) in [6.45, 7) is 4.63. The summed E-state index contributed by atoms with van der Waals surface area (Å²) in [6, 6.07) is 15.7. The van der Waals surface area contributed by atoms with Crippen molar-refractivity contribution in [1.82, 2.24) is 20.2 Å². The Labute approximate surface area is 217 Å². The number of aromatic nitrogens is 2. The monoisotopic (exact) mass is 507 g/mol. The van der Waals surface area contributed by atoms with Gasteiger partial charge in [0.05, 0.1) is 5.54 Å². The molecule has 7 nitrogen and oxygen atoms in total. The van der Waals surface area contributed by atoms with Crippen LogP contribution in [0.5, 0.6) is 0 Å². The number of benzene rings is 2. The highest BCUT2D eigenvalue weighted by atomic mass is 35.5. The van der Waals surface area contributed by atoms with Gasteiger partial charge in [0.15, 0.2) is 0 Å². The van der Waals surface area contributed by atoms with Gasteiger partial charge in [-0.3, -0.25) is 9.59 Å². The van der Waals surface area contributed by atoms with Gasteiger partial charge in [0.25, 0.3) is 0 Å². The highest BCUT2D eigenvalue weighted by Gasteiger charge is 2.33. The lowest BCUT2D eigenvalue weighted by Crippen LogP contribution is -2.57. The molecule has 1 fully saturated rings. The summed E-state index contributed by atoms with van der Waals surface area (Å²) in [5.41, 5.74) is 9.45. The minimum Gasteiger partial charge on any atom is -0.361 e. The maximum atomic E-state index is 13.7. The zero-order chi connectivity index (χ0) is 24.6. The van der Waals surface area contributed by atoms with E-state index in [0.29, 0.717) is 25.4 Å². The van der Waals surface area contributed by atoms with E-state index in [1.807, 2.05) is 41.4 Å². The zero-order valence-corrected chi connectivity index (χ0v) is 21.5. The van der Waals surface area contributed by atoms with E-state index in [2.05, 4.69) is 39.7 Å². The van der Waals surface area contributed by atoms with Crippen molar-refractivity contribution in [1.29, 1.82) is 0 Å². The van der Waals surface area contributed by atoms with Crippen LogP contribution in [-0.2, 0) is 16.0 Å². The molecule has 0 saturated carbocycles. The number of nitrogens with two attached hydrogens (primary N) is 1. The number of H-pyrrole nitrogens is 2. The summed E-state index contributed by atoms with van der Waals surface area (Å²) in [6.07, 6.45) is 6.23. The number of aromatic amines is 2. The molecule has 190 valence electrons. The van der Waals surface area contributed by atoms with E-state index in [1.54, 1.807) is 13.8 Å². The third-order valence-electron chi connectivity index (χ3n) is 7.16. The van der Waals surface area contributed by atoms with Crippen molar-refractivity contribution >= 4 is 46.0 Å². The van der Waals surface area contributed by atoms with Crippen molar-refractivity contribution < 1.29 is 9.59 Å².